The predicted molar refractivity (Wildman–Crippen MR) is 129 cm³/mol. The van der Waals surface area contributed by atoms with Crippen molar-refractivity contribution in [2.75, 3.05) is 18.6 Å². The Morgan fingerprint density at radius 1 is 1.06 bits per heavy atom. The summed E-state index contributed by atoms with van der Waals surface area (Å²) >= 11 is 0. The van der Waals surface area contributed by atoms with Gasteiger partial charge in [0, 0.05) is 17.4 Å². The molecular formula is C27H24N2O6. The summed E-state index contributed by atoms with van der Waals surface area (Å²) in [5, 5.41) is 11.2. The first-order valence-electron chi connectivity index (χ1n) is 11.1. The molecule has 1 N–H and O–H groups in total. The van der Waals surface area contributed by atoms with Crippen LogP contribution in [0.4, 0.5) is 5.69 Å². The number of aromatic nitrogens is 1. The zero-order valence-corrected chi connectivity index (χ0v) is 19.3. The number of hydrogen-bond donors (Lipinski definition) is 1. The number of amides is 1. The van der Waals surface area contributed by atoms with Crippen LogP contribution in [0.15, 0.2) is 78.5 Å². The Bertz CT molecular complexity index is 1280. The number of carbonyl (C=O) groups is 3. The molecule has 1 fully saturated rings. The third-order valence-electron chi connectivity index (χ3n) is 5.62. The van der Waals surface area contributed by atoms with Crippen molar-refractivity contribution in [3.05, 3.63) is 95.3 Å². The van der Waals surface area contributed by atoms with Crippen molar-refractivity contribution in [3.8, 4) is 5.75 Å². The van der Waals surface area contributed by atoms with Gasteiger partial charge >= 0.3 is 5.97 Å². The van der Waals surface area contributed by atoms with Crippen LogP contribution in [-0.4, -0.2) is 41.5 Å². The van der Waals surface area contributed by atoms with Gasteiger partial charge in [-0.3, -0.25) is 24.3 Å². The van der Waals surface area contributed by atoms with E-state index < -0.39 is 17.7 Å². The number of rotatable bonds is 7. The Kier molecular flexibility index (Phi) is 6.91. The predicted octanol–water partition coefficient (Wildman–Crippen LogP) is 3.82. The van der Waals surface area contributed by atoms with E-state index in [1.807, 2.05) is 0 Å². The van der Waals surface area contributed by atoms with E-state index in [9.17, 15) is 19.5 Å². The average molecular weight is 472 g/mol. The van der Waals surface area contributed by atoms with Gasteiger partial charge in [-0.15, -0.1) is 0 Å². The van der Waals surface area contributed by atoms with E-state index in [1.165, 1.54) is 12.0 Å². The zero-order valence-electron chi connectivity index (χ0n) is 19.3. The van der Waals surface area contributed by atoms with E-state index in [2.05, 4.69) is 4.98 Å². The number of benzene rings is 2. The van der Waals surface area contributed by atoms with E-state index in [-0.39, 0.29) is 23.7 Å². The molecule has 8 nitrogen and oxygen atoms in total. The molecule has 2 heterocycles. The van der Waals surface area contributed by atoms with Crippen molar-refractivity contribution in [2.45, 2.75) is 19.4 Å². The Hall–Kier alpha value is -4.46. The van der Waals surface area contributed by atoms with Crippen LogP contribution in [0.1, 0.15) is 29.8 Å². The molecule has 1 amide bonds. The Balaban J connectivity index is 1.79. The first-order valence-corrected chi connectivity index (χ1v) is 11.1. The molecule has 0 radical (unpaired) electrons. The maximum absolute atomic E-state index is 13.2. The normalized spacial score (nSPS) is 16.9. The van der Waals surface area contributed by atoms with Crippen LogP contribution in [0.25, 0.3) is 5.76 Å². The molecule has 1 unspecified atom stereocenters. The van der Waals surface area contributed by atoms with Crippen LogP contribution < -0.4 is 9.64 Å². The van der Waals surface area contributed by atoms with Crippen molar-refractivity contribution in [1.82, 2.24) is 4.98 Å². The highest BCUT2D eigenvalue weighted by Crippen LogP contribution is 2.41. The standard InChI is InChI=1S/C27H24N2O6/c1-3-35-22(30)15-17-10-12-19(13-11-17)29-24(21-9-4-5-14-28-21)23(26(32)27(29)33)25(31)18-7-6-8-20(16-18)34-2/h4-14,16,24,31H,3,15H2,1-2H3/b25-23-. The summed E-state index contributed by atoms with van der Waals surface area (Å²) in [4.78, 5) is 43.9. The fraction of sp³-hybridized carbons (Fsp3) is 0.185. The lowest BCUT2D eigenvalue weighted by molar-refractivity contribution is -0.142. The SMILES string of the molecule is CCOC(=O)Cc1ccc(N2C(=O)C(=O)/C(=C(\O)c3cccc(OC)c3)C2c2ccccn2)cc1. The highest BCUT2D eigenvalue weighted by atomic mass is 16.5. The van der Waals surface area contributed by atoms with Gasteiger partial charge in [0.15, 0.2) is 0 Å². The fourth-order valence-corrected chi connectivity index (χ4v) is 4.00. The molecule has 1 atom stereocenters. The summed E-state index contributed by atoms with van der Waals surface area (Å²) in [6.07, 6.45) is 1.65. The molecule has 1 aliphatic rings. The first-order chi connectivity index (χ1) is 16.9. The van der Waals surface area contributed by atoms with E-state index >= 15 is 0 Å². The quantitative estimate of drug-likeness (QED) is 0.241. The zero-order chi connectivity index (χ0) is 24.9. The maximum Gasteiger partial charge on any atom is 0.310 e. The van der Waals surface area contributed by atoms with Crippen LogP contribution in [0.5, 0.6) is 5.75 Å². The van der Waals surface area contributed by atoms with Gasteiger partial charge in [-0.25, -0.2) is 0 Å². The van der Waals surface area contributed by atoms with E-state index in [1.54, 1.807) is 79.9 Å². The van der Waals surface area contributed by atoms with Gasteiger partial charge in [-0.2, -0.15) is 0 Å². The van der Waals surface area contributed by atoms with Crippen molar-refractivity contribution in [1.29, 1.82) is 0 Å². The molecule has 0 bridgehead atoms. The first kappa shape index (κ1) is 23.7. The smallest absolute Gasteiger partial charge is 0.310 e. The molecule has 1 aromatic heterocycles. The number of ketones is 1. The van der Waals surface area contributed by atoms with Crippen molar-refractivity contribution < 1.29 is 29.0 Å². The van der Waals surface area contributed by atoms with Gasteiger partial charge in [0.05, 0.1) is 31.4 Å². The Labute approximate surface area is 202 Å². The van der Waals surface area contributed by atoms with Gasteiger partial charge in [0.1, 0.15) is 17.6 Å². The minimum absolute atomic E-state index is 0.0717. The molecule has 3 aromatic rings. The van der Waals surface area contributed by atoms with Gasteiger partial charge in [0.2, 0.25) is 0 Å². The van der Waals surface area contributed by atoms with E-state index in [0.29, 0.717) is 34.9 Å². The van der Waals surface area contributed by atoms with Gasteiger partial charge < -0.3 is 14.6 Å². The second kappa shape index (κ2) is 10.2. The monoisotopic (exact) mass is 472 g/mol. The van der Waals surface area contributed by atoms with Crippen LogP contribution in [0.2, 0.25) is 0 Å². The Morgan fingerprint density at radius 2 is 1.83 bits per heavy atom. The number of aliphatic hydroxyl groups excluding tert-OH is 1. The van der Waals surface area contributed by atoms with Crippen LogP contribution in [0, 0.1) is 0 Å². The van der Waals surface area contributed by atoms with Gasteiger partial charge in [-0.1, -0.05) is 30.3 Å². The summed E-state index contributed by atoms with van der Waals surface area (Å²) in [5.41, 5.74) is 1.83. The van der Waals surface area contributed by atoms with Crippen molar-refractivity contribution in [3.63, 3.8) is 0 Å². The summed E-state index contributed by atoms with van der Waals surface area (Å²) in [6, 6.07) is 17.5. The van der Waals surface area contributed by atoms with E-state index in [4.69, 9.17) is 9.47 Å². The molecular weight excluding hydrogens is 448 g/mol. The van der Waals surface area contributed by atoms with Crippen molar-refractivity contribution in [2.24, 2.45) is 0 Å². The highest BCUT2D eigenvalue weighted by Gasteiger charge is 2.47. The summed E-state index contributed by atoms with van der Waals surface area (Å²) in [7, 11) is 1.50. The lowest BCUT2D eigenvalue weighted by Crippen LogP contribution is -2.29. The minimum atomic E-state index is -0.946. The molecule has 1 aliphatic heterocycles. The summed E-state index contributed by atoms with van der Waals surface area (Å²) in [6.45, 7) is 2.03. The number of esters is 1. The molecule has 2 aromatic carbocycles. The summed E-state index contributed by atoms with van der Waals surface area (Å²) < 4.78 is 10.2. The van der Waals surface area contributed by atoms with Crippen molar-refractivity contribution >= 4 is 29.1 Å². The highest BCUT2D eigenvalue weighted by molar-refractivity contribution is 6.51. The molecule has 35 heavy (non-hydrogen) atoms. The fourth-order valence-electron chi connectivity index (χ4n) is 4.00. The number of ether oxygens (including phenoxy) is 2. The number of pyridine rings is 1. The third-order valence-corrected chi connectivity index (χ3v) is 5.62. The molecule has 4 rings (SSSR count). The number of aliphatic hydroxyl groups is 1. The minimum Gasteiger partial charge on any atom is -0.507 e. The number of anilines is 1. The van der Waals surface area contributed by atoms with Crippen LogP contribution in [0.3, 0.4) is 0 Å². The molecule has 0 aliphatic carbocycles. The lowest BCUT2D eigenvalue weighted by Gasteiger charge is -2.24. The third kappa shape index (κ3) is 4.77. The van der Waals surface area contributed by atoms with Crippen LogP contribution in [-0.2, 0) is 25.5 Å². The number of hydrogen-bond acceptors (Lipinski definition) is 7. The maximum atomic E-state index is 13.2. The lowest BCUT2D eigenvalue weighted by atomic mass is 9.98. The van der Waals surface area contributed by atoms with Gasteiger partial charge in [0.25, 0.3) is 11.7 Å². The number of methoxy groups -OCH3 is 1. The molecule has 0 saturated carbocycles. The average Bonchev–Trinajstić information content (AvgIpc) is 3.15. The van der Waals surface area contributed by atoms with Gasteiger partial charge in [-0.05, 0) is 48.9 Å². The number of carbonyl (C=O) groups excluding carboxylic acids is 3. The second-order valence-electron chi connectivity index (χ2n) is 7.80. The second-order valence-corrected chi connectivity index (χ2v) is 7.80. The topological polar surface area (TPSA) is 106 Å². The van der Waals surface area contributed by atoms with Crippen LogP contribution >= 0.6 is 0 Å². The number of Topliss-reactive ketones (excluding diaryl/α,β-unsaturated/α-hetero) is 1. The molecule has 8 heteroatoms. The number of nitrogens with zero attached hydrogens (tertiary/aromatic N) is 2. The Morgan fingerprint density at radius 3 is 2.49 bits per heavy atom. The molecule has 0 spiro atoms. The summed E-state index contributed by atoms with van der Waals surface area (Å²) in [5.74, 6) is -1.79. The largest absolute Gasteiger partial charge is 0.507 e. The van der Waals surface area contributed by atoms with E-state index in [0.717, 1.165) is 0 Å². The molecule has 178 valence electrons. The molecule has 1 saturated heterocycles.